The van der Waals surface area contributed by atoms with Gasteiger partial charge in [-0.05, 0) is 30.3 Å². The third kappa shape index (κ3) is 4.30. The number of thiazole rings is 1. The largest absolute Gasteiger partial charge is 0.345 e. The smallest absolute Gasteiger partial charge is 0.243 e. The third-order valence-electron chi connectivity index (χ3n) is 4.75. The summed E-state index contributed by atoms with van der Waals surface area (Å²) in [5.41, 5.74) is 1.64. The first-order valence-corrected chi connectivity index (χ1v) is 12.3. The van der Waals surface area contributed by atoms with Crippen LogP contribution in [-0.2, 0) is 10.0 Å². The van der Waals surface area contributed by atoms with Gasteiger partial charge in [-0.3, -0.25) is 0 Å². The zero-order valence-corrected chi connectivity index (χ0v) is 19.3. The van der Waals surface area contributed by atoms with Crippen molar-refractivity contribution < 1.29 is 12.8 Å². The minimum Gasteiger partial charge on any atom is -0.345 e. The number of rotatable bonds is 4. The van der Waals surface area contributed by atoms with Gasteiger partial charge in [0.05, 0.1) is 25.7 Å². The fourth-order valence-corrected chi connectivity index (χ4v) is 5.98. The Morgan fingerprint density at radius 3 is 2.33 bits per heavy atom. The van der Waals surface area contributed by atoms with Gasteiger partial charge in [0.25, 0.3) is 0 Å². The van der Waals surface area contributed by atoms with Crippen LogP contribution in [0, 0.1) is 5.82 Å². The van der Waals surface area contributed by atoms with E-state index in [1.54, 1.807) is 12.1 Å². The van der Waals surface area contributed by atoms with Gasteiger partial charge in [0.15, 0.2) is 5.13 Å². The van der Waals surface area contributed by atoms with E-state index < -0.39 is 15.8 Å². The molecule has 1 aliphatic rings. The molecule has 0 N–H and O–H groups in total. The molecule has 11 heteroatoms. The summed E-state index contributed by atoms with van der Waals surface area (Å²) in [7, 11) is -3.74. The van der Waals surface area contributed by atoms with Gasteiger partial charge in [0.1, 0.15) is 5.82 Å². The van der Waals surface area contributed by atoms with Crippen LogP contribution in [-0.4, -0.2) is 43.9 Å². The van der Waals surface area contributed by atoms with E-state index >= 15 is 0 Å². The lowest BCUT2D eigenvalue weighted by Crippen LogP contribution is -2.48. The van der Waals surface area contributed by atoms with E-state index in [1.807, 2.05) is 16.3 Å². The highest BCUT2D eigenvalue weighted by atomic mass is 35.5. The summed E-state index contributed by atoms with van der Waals surface area (Å²) in [6.07, 6.45) is 0. The standard InChI is InChI=1S/C19H15Cl3FN3O2S2/c20-14-3-1-12(9-15(14)21)18-11-29-19(24-18)25-5-7-26(8-6-25)30(27,28)13-2-4-17(23)16(22)10-13/h1-4,9-11H,5-8H2. The van der Waals surface area contributed by atoms with Gasteiger partial charge in [0.2, 0.25) is 10.0 Å². The maximum absolute atomic E-state index is 13.4. The average Bonchev–Trinajstić information content (AvgIpc) is 3.22. The van der Waals surface area contributed by atoms with E-state index in [9.17, 15) is 12.8 Å². The molecule has 3 aromatic rings. The molecule has 4 rings (SSSR count). The molecule has 1 saturated heterocycles. The molecule has 0 saturated carbocycles. The van der Waals surface area contributed by atoms with E-state index in [-0.39, 0.29) is 9.92 Å². The molecule has 0 radical (unpaired) electrons. The monoisotopic (exact) mass is 505 g/mol. The van der Waals surface area contributed by atoms with Gasteiger partial charge in [0, 0.05) is 37.1 Å². The number of halogens is 4. The normalized spacial score (nSPS) is 15.5. The predicted molar refractivity (Wildman–Crippen MR) is 120 cm³/mol. The molecule has 0 atom stereocenters. The van der Waals surface area contributed by atoms with Crippen LogP contribution in [0.15, 0.2) is 46.7 Å². The zero-order valence-electron chi connectivity index (χ0n) is 15.4. The lowest BCUT2D eigenvalue weighted by atomic mass is 10.2. The zero-order chi connectivity index (χ0) is 21.5. The molecule has 0 unspecified atom stereocenters. The lowest BCUT2D eigenvalue weighted by Gasteiger charge is -2.33. The van der Waals surface area contributed by atoms with Crippen LogP contribution in [0.5, 0.6) is 0 Å². The quantitative estimate of drug-likeness (QED) is 0.474. The SMILES string of the molecule is O=S(=O)(c1ccc(F)c(Cl)c1)N1CCN(c2nc(-c3ccc(Cl)c(Cl)c3)cs2)CC1. The van der Waals surface area contributed by atoms with E-state index in [4.69, 9.17) is 34.8 Å². The lowest BCUT2D eigenvalue weighted by molar-refractivity contribution is 0.384. The highest BCUT2D eigenvalue weighted by Crippen LogP contribution is 2.32. The average molecular weight is 507 g/mol. The van der Waals surface area contributed by atoms with E-state index in [0.717, 1.165) is 28.5 Å². The first kappa shape index (κ1) is 21.8. The fourth-order valence-electron chi connectivity index (χ4n) is 3.10. The van der Waals surface area contributed by atoms with Crippen LogP contribution < -0.4 is 4.90 Å². The van der Waals surface area contributed by atoms with E-state index in [2.05, 4.69) is 4.98 Å². The second-order valence-corrected chi connectivity index (χ2v) is 10.6. The molecular weight excluding hydrogens is 492 g/mol. The summed E-state index contributed by atoms with van der Waals surface area (Å²) in [5.74, 6) is -0.651. The Labute approximate surface area is 192 Å². The Hall–Kier alpha value is -1.42. The number of benzene rings is 2. The summed E-state index contributed by atoms with van der Waals surface area (Å²) in [6, 6.07) is 8.78. The van der Waals surface area contributed by atoms with Crippen molar-refractivity contribution in [2.45, 2.75) is 4.90 Å². The second-order valence-electron chi connectivity index (χ2n) is 6.61. The second kappa shape index (κ2) is 8.61. The minimum absolute atomic E-state index is 0.0153. The van der Waals surface area contributed by atoms with Crippen molar-refractivity contribution >= 4 is 61.3 Å². The van der Waals surface area contributed by atoms with E-state index in [0.29, 0.717) is 36.2 Å². The number of sulfonamides is 1. The molecule has 30 heavy (non-hydrogen) atoms. The van der Waals surface area contributed by atoms with Crippen molar-refractivity contribution in [1.29, 1.82) is 0 Å². The molecule has 5 nitrogen and oxygen atoms in total. The van der Waals surface area contributed by atoms with Gasteiger partial charge >= 0.3 is 0 Å². The van der Waals surface area contributed by atoms with Gasteiger partial charge in [-0.15, -0.1) is 11.3 Å². The summed E-state index contributed by atoms with van der Waals surface area (Å²) in [4.78, 5) is 6.68. The number of hydrogen-bond acceptors (Lipinski definition) is 5. The number of hydrogen-bond donors (Lipinski definition) is 0. The van der Waals surface area contributed by atoms with Crippen LogP contribution in [0.3, 0.4) is 0 Å². The summed E-state index contributed by atoms with van der Waals surface area (Å²) in [6.45, 7) is 1.56. The Balaban J connectivity index is 1.46. The first-order chi connectivity index (χ1) is 14.3. The molecular formula is C19H15Cl3FN3O2S2. The van der Waals surface area contributed by atoms with Gasteiger partial charge < -0.3 is 4.90 Å². The van der Waals surface area contributed by atoms with Crippen molar-refractivity contribution in [3.8, 4) is 11.3 Å². The van der Waals surface area contributed by atoms with Crippen molar-refractivity contribution in [3.63, 3.8) is 0 Å². The van der Waals surface area contributed by atoms with Crippen LogP contribution in [0.4, 0.5) is 9.52 Å². The number of anilines is 1. The Kier molecular flexibility index (Phi) is 6.25. The molecule has 0 amide bonds. The highest BCUT2D eigenvalue weighted by molar-refractivity contribution is 7.89. The Bertz CT molecular complexity index is 1200. The summed E-state index contributed by atoms with van der Waals surface area (Å²) < 4.78 is 40.4. The minimum atomic E-state index is -3.74. The predicted octanol–water partition coefficient (Wildman–Crippen LogP) is 5.42. The molecule has 2 aromatic carbocycles. The van der Waals surface area contributed by atoms with Crippen LogP contribution in [0.25, 0.3) is 11.3 Å². The van der Waals surface area contributed by atoms with Crippen LogP contribution >= 0.6 is 46.1 Å². The first-order valence-electron chi connectivity index (χ1n) is 8.87. The molecule has 0 bridgehead atoms. The summed E-state index contributed by atoms with van der Waals surface area (Å²) in [5, 5.41) is 3.46. The Morgan fingerprint density at radius 2 is 1.67 bits per heavy atom. The summed E-state index contributed by atoms with van der Waals surface area (Å²) >= 11 is 19.3. The number of piperazine rings is 1. The van der Waals surface area contributed by atoms with Crippen molar-refractivity contribution in [2.24, 2.45) is 0 Å². The maximum Gasteiger partial charge on any atom is 0.243 e. The Morgan fingerprint density at radius 1 is 0.933 bits per heavy atom. The number of aromatic nitrogens is 1. The maximum atomic E-state index is 13.4. The molecule has 158 valence electrons. The molecule has 0 aliphatic carbocycles. The van der Waals surface area contributed by atoms with Gasteiger partial charge in [-0.2, -0.15) is 4.31 Å². The molecule has 1 aromatic heterocycles. The van der Waals surface area contributed by atoms with Gasteiger partial charge in [-0.1, -0.05) is 40.9 Å². The highest BCUT2D eigenvalue weighted by Gasteiger charge is 2.30. The third-order valence-corrected chi connectivity index (χ3v) is 8.57. The van der Waals surface area contributed by atoms with Crippen molar-refractivity contribution in [1.82, 2.24) is 9.29 Å². The number of nitrogens with zero attached hydrogens (tertiary/aromatic N) is 3. The molecule has 2 heterocycles. The fraction of sp³-hybridized carbons (Fsp3) is 0.211. The topological polar surface area (TPSA) is 53.5 Å². The molecule has 0 spiro atoms. The molecule has 1 aliphatic heterocycles. The molecule has 1 fully saturated rings. The van der Waals surface area contributed by atoms with E-state index in [1.165, 1.54) is 21.7 Å². The van der Waals surface area contributed by atoms with Crippen molar-refractivity contribution in [2.75, 3.05) is 31.1 Å². The van der Waals surface area contributed by atoms with Crippen LogP contribution in [0.2, 0.25) is 15.1 Å². The van der Waals surface area contributed by atoms with Gasteiger partial charge in [-0.25, -0.2) is 17.8 Å². The van der Waals surface area contributed by atoms with Crippen LogP contribution in [0.1, 0.15) is 0 Å². The van der Waals surface area contributed by atoms with Crippen molar-refractivity contribution in [3.05, 3.63) is 62.7 Å².